The first-order chi connectivity index (χ1) is 16.6. The second-order valence-corrected chi connectivity index (χ2v) is 8.28. The van der Waals surface area contributed by atoms with Gasteiger partial charge in [0.25, 0.3) is 5.91 Å². The zero-order valence-electron chi connectivity index (χ0n) is 17.9. The number of nitrogens with zero attached hydrogens (tertiary/aromatic N) is 4. The largest absolute Gasteiger partial charge is 0.461 e. The van der Waals surface area contributed by atoms with Gasteiger partial charge >= 0.3 is 0 Å². The molecule has 3 heterocycles. The summed E-state index contributed by atoms with van der Waals surface area (Å²) < 4.78 is 26.0. The monoisotopic (exact) mass is 475 g/mol. The van der Waals surface area contributed by atoms with Crippen LogP contribution >= 0.6 is 11.8 Å². The number of halogens is 1. The smallest absolute Gasteiger partial charge is 0.277 e. The molecule has 8 nitrogen and oxygen atoms in total. The lowest BCUT2D eigenvalue weighted by molar-refractivity contribution is 0.102. The second-order valence-electron chi connectivity index (χ2n) is 7.33. The number of aromatic nitrogens is 4. The first-order valence-electron chi connectivity index (χ1n) is 10.3. The number of carbonyl (C=O) groups excluding carboxylic acids is 1. The molecule has 170 valence electrons. The van der Waals surface area contributed by atoms with Gasteiger partial charge in [0, 0.05) is 5.69 Å². The number of thioether (sulfide) groups is 1. The van der Waals surface area contributed by atoms with Crippen LogP contribution in [0, 0.1) is 12.7 Å². The lowest BCUT2D eigenvalue weighted by Crippen LogP contribution is -2.12. The first-order valence-corrected chi connectivity index (χ1v) is 11.3. The maximum atomic E-state index is 13.1. The minimum atomic E-state index is -0.449. The van der Waals surface area contributed by atoms with Crippen molar-refractivity contribution in [2.45, 2.75) is 17.8 Å². The van der Waals surface area contributed by atoms with Gasteiger partial charge in [0.2, 0.25) is 11.7 Å². The number of furan rings is 1. The fourth-order valence-corrected chi connectivity index (χ4v) is 4.07. The van der Waals surface area contributed by atoms with Crippen LogP contribution in [0.15, 0.2) is 87.2 Å². The van der Waals surface area contributed by atoms with E-state index in [9.17, 15) is 9.18 Å². The summed E-state index contributed by atoms with van der Waals surface area (Å²) in [5, 5.41) is 11.9. The maximum absolute atomic E-state index is 13.1. The van der Waals surface area contributed by atoms with Crippen molar-refractivity contribution in [1.82, 2.24) is 19.7 Å². The second kappa shape index (κ2) is 9.36. The molecule has 2 aromatic carbocycles. The Morgan fingerprint density at radius 3 is 2.71 bits per heavy atom. The van der Waals surface area contributed by atoms with Crippen LogP contribution < -0.4 is 5.32 Å². The Kier molecular flexibility index (Phi) is 5.96. The number of anilines is 1. The Bertz CT molecular complexity index is 1430. The Balaban J connectivity index is 1.34. The summed E-state index contributed by atoms with van der Waals surface area (Å²) >= 11 is 1.37. The van der Waals surface area contributed by atoms with Crippen LogP contribution in [0.25, 0.3) is 17.3 Å². The summed E-state index contributed by atoms with van der Waals surface area (Å²) in [5.74, 6) is 1.02. The van der Waals surface area contributed by atoms with E-state index in [1.54, 1.807) is 12.3 Å². The number of nitrogens with one attached hydrogen (secondary N) is 1. The van der Waals surface area contributed by atoms with E-state index >= 15 is 0 Å². The van der Waals surface area contributed by atoms with Crippen molar-refractivity contribution in [2.75, 3.05) is 5.32 Å². The van der Waals surface area contributed by atoms with Crippen LogP contribution in [0.2, 0.25) is 0 Å². The molecule has 0 aliphatic rings. The minimum Gasteiger partial charge on any atom is -0.461 e. The van der Waals surface area contributed by atoms with Gasteiger partial charge < -0.3 is 14.2 Å². The van der Waals surface area contributed by atoms with Crippen molar-refractivity contribution in [3.05, 3.63) is 96.2 Å². The van der Waals surface area contributed by atoms with E-state index in [4.69, 9.17) is 8.83 Å². The number of hydrogen-bond donors (Lipinski definition) is 1. The molecule has 3 aromatic heterocycles. The Morgan fingerprint density at radius 2 is 1.94 bits per heavy atom. The van der Waals surface area contributed by atoms with Gasteiger partial charge in [-0.15, -0.1) is 10.2 Å². The van der Waals surface area contributed by atoms with Crippen molar-refractivity contribution < 1.29 is 18.0 Å². The average molecular weight is 476 g/mol. The average Bonchev–Trinajstić information content (AvgIpc) is 3.59. The molecule has 0 bridgehead atoms. The van der Waals surface area contributed by atoms with Crippen molar-refractivity contribution in [2.24, 2.45) is 0 Å². The standard InChI is InChI=1S/C24H18FN5O3S/c1-15-4-2-5-18(12-15)30-22(20-6-3-11-32-20)28-29-24(30)34-14-21-27-19(13-33-21)23(31)26-17-9-7-16(25)8-10-17/h2-13H,14H2,1H3,(H,26,31). The van der Waals surface area contributed by atoms with E-state index in [2.05, 4.69) is 20.5 Å². The van der Waals surface area contributed by atoms with Gasteiger partial charge in [-0.1, -0.05) is 23.9 Å². The molecule has 1 amide bonds. The van der Waals surface area contributed by atoms with Gasteiger partial charge in [-0.3, -0.25) is 9.36 Å². The topological polar surface area (TPSA) is 99.0 Å². The van der Waals surface area contributed by atoms with Crippen LogP contribution in [0.4, 0.5) is 10.1 Å². The SMILES string of the molecule is Cc1cccc(-n2c(SCc3nc(C(=O)Nc4ccc(F)cc4)co3)nnc2-c2ccco2)c1. The zero-order valence-corrected chi connectivity index (χ0v) is 18.8. The van der Waals surface area contributed by atoms with Crippen molar-refractivity contribution >= 4 is 23.4 Å². The minimum absolute atomic E-state index is 0.122. The summed E-state index contributed by atoms with van der Waals surface area (Å²) in [6.07, 6.45) is 2.87. The van der Waals surface area contributed by atoms with Gasteiger partial charge in [-0.05, 0) is 61.0 Å². The number of benzene rings is 2. The molecule has 0 atom stereocenters. The van der Waals surface area contributed by atoms with Gasteiger partial charge in [-0.25, -0.2) is 9.37 Å². The van der Waals surface area contributed by atoms with Gasteiger partial charge in [0.1, 0.15) is 12.1 Å². The highest BCUT2D eigenvalue weighted by Crippen LogP contribution is 2.30. The Morgan fingerprint density at radius 1 is 1.09 bits per heavy atom. The summed E-state index contributed by atoms with van der Waals surface area (Å²) in [6.45, 7) is 2.01. The quantitative estimate of drug-likeness (QED) is 0.310. The summed E-state index contributed by atoms with van der Waals surface area (Å²) in [7, 11) is 0. The van der Waals surface area contributed by atoms with E-state index in [0.717, 1.165) is 11.3 Å². The molecule has 0 saturated carbocycles. The predicted molar refractivity (Wildman–Crippen MR) is 124 cm³/mol. The highest BCUT2D eigenvalue weighted by Gasteiger charge is 2.20. The van der Waals surface area contributed by atoms with Crippen LogP contribution in [0.5, 0.6) is 0 Å². The highest BCUT2D eigenvalue weighted by molar-refractivity contribution is 7.98. The number of rotatable bonds is 7. The first kappa shape index (κ1) is 21.7. The molecular formula is C24H18FN5O3S. The predicted octanol–water partition coefficient (Wildman–Crippen LogP) is 5.51. The zero-order chi connectivity index (χ0) is 23.5. The van der Waals surface area contributed by atoms with E-state index < -0.39 is 5.91 Å². The summed E-state index contributed by atoms with van der Waals surface area (Å²) in [5.41, 5.74) is 2.57. The third-order valence-corrected chi connectivity index (χ3v) is 5.76. The van der Waals surface area contributed by atoms with E-state index in [-0.39, 0.29) is 11.5 Å². The molecule has 5 aromatic rings. The van der Waals surface area contributed by atoms with Crippen molar-refractivity contribution in [1.29, 1.82) is 0 Å². The van der Waals surface area contributed by atoms with E-state index in [1.165, 1.54) is 42.3 Å². The number of aryl methyl sites for hydroxylation is 1. The molecular weight excluding hydrogens is 457 g/mol. The molecule has 0 unspecified atom stereocenters. The lowest BCUT2D eigenvalue weighted by Gasteiger charge is -2.09. The highest BCUT2D eigenvalue weighted by atomic mass is 32.2. The molecule has 0 saturated heterocycles. The molecule has 34 heavy (non-hydrogen) atoms. The van der Waals surface area contributed by atoms with Gasteiger partial charge in [-0.2, -0.15) is 0 Å². The fourth-order valence-electron chi connectivity index (χ4n) is 3.26. The third kappa shape index (κ3) is 4.62. The Hall–Kier alpha value is -4.18. The van der Waals surface area contributed by atoms with Gasteiger partial charge in [0.05, 0.1) is 17.7 Å². The van der Waals surface area contributed by atoms with E-state index in [0.29, 0.717) is 34.1 Å². The summed E-state index contributed by atoms with van der Waals surface area (Å²) in [4.78, 5) is 16.7. The van der Waals surface area contributed by atoms with Crippen LogP contribution in [0.3, 0.4) is 0 Å². The lowest BCUT2D eigenvalue weighted by atomic mass is 10.2. The number of amides is 1. The number of oxazole rings is 1. The molecule has 1 N–H and O–H groups in total. The normalized spacial score (nSPS) is 11.0. The number of carbonyl (C=O) groups is 1. The van der Waals surface area contributed by atoms with Crippen molar-refractivity contribution in [3.8, 4) is 17.3 Å². The molecule has 0 radical (unpaired) electrons. The van der Waals surface area contributed by atoms with E-state index in [1.807, 2.05) is 41.8 Å². The molecule has 5 rings (SSSR count). The molecule has 10 heteroatoms. The molecule has 0 spiro atoms. The molecule has 0 fully saturated rings. The third-order valence-electron chi connectivity index (χ3n) is 4.85. The molecule has 0 aliphatic heterocycles. The Labute approximate surface area is 197 Å². The summed E-state index contributed by atoms with van der Waals surface area (Å²) in [6, 6.07) is 17.1. The van der Waals surface area contributed by atoms with Crippen LogP contribution in [-0.2, 0) is 5.75 Å². The van der Waals surface area contributed by atoms with Crippen LogP contribution in [0.1, 0.15) is 21.9 Å². The number of hydrogen-bond acceptors (Lipinski definition) is 7. The fraction of sp³-hybridized carbons (Fsp3) is 0.0833. The molecule has 0 aliphatic carbocycles. The van der Waals surface area contributed by atoms with Crippen molar-refractivity contribution in [3.63, 3.8) is 0 Å². The maximum Gasteiger partial charge on any atom is 0.277 e. The van der Waals surface area contributed by atoms with Crippen LogP contribution in [-0.4, -0.2) is 25.7 Å². The van der Waals surface area contributed by atoms with Gasteiger partial charge in [0.15, 0.2) is 16.6 Å².